The molecule has 1 saturated carbocycles. The van der Waals surface area contributed by atoms with Gasteiger partial charge in [-0.25, -0.2) is 9.78 Å². The van der Waals surface area contributed by atoms with Crippen molar-refractivity contribution < 1.29 is 4.79 Å². The van der Waals surface area contributed by atoms with Crippen LogP contribution < -0.4 is 16.6 Å². The molecule has 0 aliphatic heterocycles. The van der Waals surface area contributed by atoms with Crippen LogP contribution in [-0.2, 0) is 6.54 Å². The van der Waals surface area contributed by atoms with Crippen LogP contribution in [-0.4, -0.2) is 26.5 Å². The van der Waals surface area contributed by atoms with Gasteiger partial charge in [-0.2, -0.15) is 0 Å². The second kappa shape index (κ2) is 6.59. The highest BCUT2D eigenvalue weighted by Crippen LogP contribution is 2.24. The predicted molar refractivity (Wildman–Crippen MR) is 91.2 cm³/mol. The topological polar surface area (TPSA) is 96.9 Å². The molecule has 0 bridgehead atoms. The van der Waals surface area contributed by atoms with Crippen molar-refractivity contribution in [3.05, 3.63) is 38.7 Å². The number of rotatable bonds is 3. The molecule has 0 saturated heterocycles. The lowest BCUT2D eigenvalue weighted by Gasteiger charge is -2.29. The third-order valence-electron chi connectivity index (χ3n) is 4.84. The van der Waals surface area contributed by atoms with E-state index < -0.39 is 11.2 Å². The quantitative estimate of drug-likeness (QED) is 0.889. The van der Waals surface area contributed by atoms with E-state index >= 15 is 0 Å². The number of aryl methyl sites for hydroxylation is 1. The molecule has 1 fully saturated rings. The molecule has 24 heavy (non-hydrogen) atoms. The van der Waals surface area contributed by atoms with Crippen molar-refractivity contribution in [1.82, 2.24) is 19.9 Å². The number of fused-ring (bicyclic) bond motifs is 1. The van der Waals surface area contributed by atoms with Gasteiger partial charge in [0.15, 0.2) is 0 Å². The minimum Gasteiger partial charge on any atom is -0.349 e. The second-order valence-corrected chi connectivity index (χ2v) is 6.44. The number of hydrogen-bond donors (Lipinski definition) is 2. The van der Waals surface area contributed by atoms with Crippen molar-refractivity contribution in [2.24, 2.45) is 5.92 Å². The van der Waals surface area contributed by atoms with Crippen molar-refractivity contribution in [1.29, 1.82) is 0 Å². The molecule has 7 nitrogen and oxygen atoms in total. The molecule has 7 heteroatoms. The molecule has 1 amide bonds. The molecular weight excluding hydrogens is 308 g/mol. The van der Waals surface area contributed by atoms with Crippen LogP contribution in [0.2, 0.25) is 0 Å². The Bertz CT molecular complexity index is 884. The first-order valence-corrected chi connectivity index (χ1v) is 8.45. The highest BCUT2D eigenvalue weighted by atomic mass is 16.2. The van der Waals surface area contributed by atoms with E-state index in [4.69, 9.17) is 0 Å². The van der Waals surface area contributed by atoms with Crippen LogP contribution in [0.25, 0.3) is 11.0 Å². The summed E-state index contributed by atoms with van der Waals surface area (Å²) in [6.07, 6.45) is 5.84. The average molecular weight is 330 g/mol. The van der Waals surface area contributed by atoms with Gasteiger partial charge in [-0.05, 0) is 31.7 Å². The maximum absolute atomic E-state index is 12.5. The third-order valence-corrected chi connectivity index (χ3v) is 4.84. The normalized spacial score (nSPS) is 20.9. The van der Waals surface area contributed by atoms with E-state index in [1.807, 2.05) is 0 Å². The molecule has 2 aromatic heterocycles. The second-order valence-electron chi connectivity index (χ2n) is 6.44. The molecule has 2 heterocycles. The number of aromatic nitrogens is 3. The van der Waals surface area contributed by atoms with Gasteiger partial charge in [0.25, 0.3) is 11.5 Å². The SMILES string of the molecule is CCn1c(=O)[nH]c(=O)c2cc(C(=O)N[C@@H]3CCCC[C@H]3C)cnc21. The largest absolute Gasteiger partial charge is 0.349 e. The lowest BCUT2D eigenvalue weighted by molar-refractivity contribution is 0.0910. The van der Waals surface area contributed by atoms with Gasteiger partial charge in [-0.1, -0.05) is 19.8 Å². The summed E-state index contributed by atoms with van der Waals surface area (Å²) >= 11 is 0. The first-order valence-electron chi connectivity index (χ1n) is 8.45. The highest BCUT2D eigenvalue weighted by molar-refractivity contribution is 5.96. The first kappa shape index (κ1) is 16.4. The molecule has 1 aliphatic rings. The van der Waals surface area contributed by atoms with Crippen LogP contribution in [0.4, 0.5) is 0 Å². The van der Waals surface area contributed by atoms with Gasteiger partial charge in [0.05, 0.1) is 10.9 Å². The Labute approximate surface area is 139 Å². The van der Waals surface area contributed by atoms with Crippen molar-refractivity contribution in [2.75, 3.05) is 0 Å². The smallest absolute Gasteiger partial charge is 0.329 e. The van der Waals surface area contributed by atoms with Crippen LogP contribution in [0.15, 0.2) is 21.9 Å². The summed E-state index contributed by atoms with van der Waals surface area (Å²) in [5.41, 5.74) is -0.371. The summed E-state index contributed by atoms with van der Waals surface area (Å²) < 4.78 is 1.38. The van der Waals surface area contributed by atoms with Crippen molar-refractivity contribution in [3.8, 4) is 0 Å². The molecule has 0 radical (unpaired) electrons. The lowest BCUT2D eigenvalue weighted by atomic mass is 9.86. The molecule has 2 aromatic rings. The number of nitrogens with one attached hydrogen (secondary N) is 2. The van der Waals surface area contributed by atoms with Gasteiger partial charge in [-0.3, -0.25) is 19.1 Å². The van der Waals surface area contributed by atoms with E-state index in [0.29, 0.717) is 23.7 Å². The number of carbonyl (C=O) groups excluding carboxylic acids is 1. The number of hydrogen-bond acceptors (Lipinski definition) is 4. The predicted octanol–water partition coefficient (Wildman–Crippen LogP) is 1.41. The first-order chi connectivity index (χ1) is 11.5. The van der Waals surface area contributed by atoms with Crippen LogP contribution in [0.3, 0.4) is 0 Å². The highest BCUT2D eigenvalue weighted by Gasteiger charge is 2.23. The Morgan fingerprint density at radius 1 is 1.38 bits per heavy atom. The fraction of sp³-hybridized carbons (Fsp3) is 0.529. The van der Waals surface area contributed by atoms with Crippen molar-refractivity contribution in [3.63, 3.8) is 0 Å². The zero-order valence-electron chi connectivity index (χ0n) is 14.0. The van der Waals surface area contributed by atoms with Gasteiger partial charge >= 0.3 is 5.69 Å². The van der Waals surface area contributed by atoms with Gasteiger partial charge in [0.2, 0.25) is 0 Å². The lowest BCUT2D eigenvalue weighted by Crippen LogP contribution is -2.41. The number of H-pyrrole nitrogens is 1. The zero-order chi connectivity index (χ0) is 17.3. The molecular formula is C17H22N4O3. The molecule has 1 aliphatic carbocycles. The fourth-order valence-electron chi connectivity index (χ4n) is 3.37. The number of amides is 1. The molecule has 2 atom stereocenters. The molecule has 2 N–H and O–H groups in total. The van der Waals surface area contributed by atoms with Crippen LogP contribution in [0.5, 0.6) is 0 Å². The summed E-state index contributed by atoms with van der Waals surface area (Å²) in [7, 11) is 0. The van der Waals surface area contributed by atoms with E-state index in [1.54, 1.807) is 6.92 Å². The van der Waals surface area contributed by atoms with E-state index in [0.717, 1.165) is 19.3 Å². The van der Waals surface area contributed by atoms with Crippen molar-refractivity contribution >= 4 is 16.9 Å². The maximum atomic E-state index is 12.5. The van der Waals surface area contributed by atoms with E-state index in [9.17, 15) is 14.4 Å². The third kappa shape index (κ3) is 2.98. The van der Waals surface area contributed by atoms with Gasteiger partial charge in [0, 0.05) is 18.8 Å². The van der Waals surface area contributed by atoms with Crippen LogP contribution >= 0.6 is 0 Å². The van der Waals surface area contributed by atoms with E-state index in [2.05, 4.69) is 22.2 Å². The van der Waals surface area contributed by atoms with E-state index in [1.165, 1.54) is 23.3 Å². The zero-order valence-corrected chi connectivity index (χ0v) is 14.0. The van der Waals surface area contributed by atoms with Crippen molar-refractivity contribution in [2.45, 2.75) is 52.1 Å². The summed E-state index contributed by atoms with van der Waals surface area (Å²) in [5.74, 6) is 0.224. The standard InChI is InChI=1S/C17H22N4O3/c1-3-21-14-12(16(23)20-17(21)24)8-11(9-18-14)15(22)19-13-7-5-4-6-10(13)2/h8-10,13H,3-7H2,1-2H3,(H,19,22)(H,20,23,24)/t10-,13-/m1/s1. The Balaban J connectivity index is 1.94. The summed E-state index contributed by atoms with van der Waals surface area (Å²) in [5, 5.41) is 3.30. The minimum atomic E-state index is -0.520. The summed E-state index contributed by atoms with van der Waals surface area (Å²) in [6.45, 7) is 4.34. The molecule has 128 valence electrons. The van der Waals surface area contributed by atoms with Gasteiger partial charge < -0.3 is 5.32 Å². The number of aromatic amines is 1. The monoisotopic (exact) mass is 330 g/mol. The summed E-state index contributed by atoms with van der Waals surface area (Å²) in [6, 6.07) is 1.67. The van der Waals surface area contributed by atoms with Gasteiger partial charge in [0.1, 0.15) is 5.65 Å². The Morgan fingerprint density at radius 2 is 2.12 bits per heavy atom. The number of nitrogens with zero attached hydrogens (tertiary/aromatic N) is 2. The maximum Gasteiger partial charge on any atom is 0.329 e. The average Bonchev–Trinajstić information content (AvgIpc) is 2.57. The van der Waals surface area contributed by atoms with E-state index in [-0.39, 0.29) is 17.3 Å². The summed E-state index contributed by atoms with van der Waals surface area (Å²) in [4.78, 5) is 42.8. The van der Waals surface area contributed by atoms with Gasteiger partial charge in [-0.15, -0.1) is 0 Å². The minimum absolute atomic E-state index is 0.157. The van der Waals surface area contributed by atoms with Crippen LogP contribution in [0.1, 0.15) is 49.9 Å². The molecule has 3 rings (SSSR count). The van der Waals surface area contributed by atoms with Crippen LogP contribution in [0, 0.1) is 5.92 Å². The molecule has 0 unspecified atom stereocenters. The molecule has 0 aromatic carbocycles. The Morgan fingerprint density at radius 3 is 2.83 bits per heavy atom. The number of carbonyl (C=O) groups is 1. The molecule has 0 spiro atoms. The Hall–Kier alpha value is -2.44. The fourth-order valence-corrected chi connectivity index (χ4v) is 3.37. The number of pyridine rings is 1. The Kier molecular flexibility index (Phi) is 4.51.